The Kier molecular flexibility index (Phi) is 6.09. The van der Waals surface area contributed by atoms with E-state index in [0.29, 0.717) is 6.04 Å². The highest BCUT2D eigenvalue weighted by Crippen LogP contribution is 2.13. The van der Waals surface area contributed by atoms with Crippen molar-refractivity contribution in [3.05, 3.63) is 12.2 Å². The average molecular weight is 169 g/mol. The molecule has 0 aliphatic heterocycles. The molecule has 1 nitrogen and oxygen atoms in total. The highest BCUT2D eigenvalue weighted by molar-refractivity contribution is 4.96. The van der Waals surface area contributed by atoms with Crippen molar-refractivity contribution in [1.82, 2.24) is 5.32 Å². The molecule has 12 heavy (non-hydrogen) atoms. The van der Waals surface area contributed by atoms with Crippen LogP contribution in [0.3, 0.4) is 0 Å². The van der Waals surface area contributed by atoms with Gasteiger partial charge in [-0.15, -0.1) is 0 Å². The molecule has 0 amide bonds. The van der Waals surface area contributed by atoms with Crippen LogP contribution in [0.5, 0.6) is 0 Å². The van der Waals surface area contributed by atoms with E-state index in [2.05, 4.69) is 32.7 Å². The van der Waals surface area contributed by atoms with Crippen LogP contribution in [-0.4, -0.2) is 13.1 Å². The summed E-state index contributed by atoms with van der Waals surface area (Å²) in [5.41, 5.74) is 1.36. The highest BCUT2D eigenvalue weighted by Gasteiger charge is 2.08. The van der Waals surface area contributed by atoms with Crippen molar-refractivity contribution in [2.75, 3.05) is 7.05 Å². The van der Waals surface area contributed by atoms with Crippen LogP contribution in [0, 0.1) is 5.92 Å². The maximum Gasteiger partial charge on any atom is 0.0104 e. The highest BCUT2D eigenvalue weighted by atomic mass is 14.9. The number of rotatable bonds is 6. The molecule has 0 aliphatic rings. The van der Waals surface area contributed by atoms with Gasteiger partial charge >= 0.3 is 0 Å². The van der Waals surface area contributed by atoms with E-state index in [9.17, 15) is 0 Å². The Bertz CT molecular complexity index is 127. The predicted molar refractivity (Wildman–Crippen MR) is 56.4 cm³/mol. The second-order valence-corrected chi connectivity index (χ2v) is 3.92. The molecule has 1 unspecified atom stereocenters. The maximum absolute atomic E-state index is 4.03. The molecule has 0 saturated heterocycles. The van der Waals surface area contributed by atoms with Crippen LogP contribution in [0.15, 0.2) is 12.2 Å². The minimum absolute atomic E-state index is 0.623. The summed E-state index contributed by atoms with van der Waals surface area (Å²) >= 11 is 0. The molecule has 0 heterocycles. The van der Waals surface area contributed by atoms with E-state index in [4.69, 9.17) is 0 Å². The van der Waals surface area contributed by atoms with Crippen molar-refractivity contribution in [2.45, 2.75) is 46.1 Å². The summed E-state index contributed by atoms with van der Waals surface area (Å²) in [6.45, 7) is 10.7. The molecular formula is C11H23N. The molecule has 0 rings (SSSR count). The first-order chi connectivity index (χ1) is 5.60. The van der Waals surface area contributed by atoms with Gasteiger partial charge in [-0.2, -0.15) is 0 Å². The van der Waals surface area contributed by atoms with Gasteiger partial charge in [-0.3, -0.25) is 0 Å². The van der Waals surface area contributed by atoms with Crippen molar-refractivity contribution < 1.29 is 0 Å². The Labute approximate surface area is 77.2 Å². The zero-order valence-corrected chi connectivity index (χ0v) is 8.98. The average Bonchev–Trinajstić information content (AvgIpc) is 2.02. The molecule has 0 spiro atoms. The maximum atomic E-state index is 4.03. The minimum Gasteiger partial charge on any atom is -0.317 e. The SMILES string of the molecule is C=C(CC)CC(CC(C)C)NC. The lowest BCUT2D eigenvalue weighted by molar-refractivity contribution is 0.438. The van der Waals surface area contributed by atoms with Gasteiger partial charge in [0.25, 0.3) is 0 Å². The second-order valence-electron chi connectivity index (χ2n) is 3.92. The van der Waals surface area contributed by atoms with E-state index in [1.807, 2.05) is 7.05 Å². The van der Waals surface area contributed by atoms with Crippen LogP contribution >= 0.6 is 0 Å². The summed E-state index contributed by atoms with van der Waals surface area (Å²) in [6, 6.07) is 0.623. The molecule has 0 aromatic rings. The van der Waals surface area contributed by atoms with Gasteiger partial charge in [-0.1, -0.05) is 32.9 Å². The Morgan fingerprint density at radius 2 is 2.00 bits per heavy atom. The number of hydrogen-bond acceptors (Lipinski definition) is 1. The summed E-state index contributed by atoms with van der Waals surface area (Å²) < 4.78 is 0. The predicted octanol–water partition coefficient (Wildman–Crippen LogP) is 2.98. The van der Waals surface area contributed by atoms with Gasteiger partial charge in [-0.05, 0) is 32.2 Å². The summed E-state index contributed by atoms with van der Waals surface area (Å²) in [7, 11) is 2.04. The van der Waals surface area contributed by atoms with Crippen LogP contribution in [0.4, 0.5) is 0 Å². The molecule has 0 aliphatic carbocycles. The van der Waals surface area contributed by atoms with Crippen LogP contribution in [0.25, 0.3) is 0 Å². The van der Waals surface area contributed by atoms with Gasteiger partial charge in [0.2, 0.25) is 0 Å². The monoisotopic (exact) mass is 169 g/mol. The van der Waals surface area contributed by atoms with Crippen LogP contribution < -0.4 is 5.32 Å². The Hall–Kier alpha value is -0.300. The molecule has 0 bridgehead atoms. The second kappa shape index (κ2) is 6.24. The molecule has 0 aromatic carbocycles. The fourth-order valence-electron chi connectivity index (χ4n) is 1.37. The van der Waals surface area contributed by atoms with Crippen LogP contribution in [-0.2, 0) is 0 Å². The Morgan fingerprint density at radius 3 is 2.33 bits per heavy atom. The standard InChI is InChI=1S/C11H23N/c1-6-10(4)8-11(12-5)7-9(2)3/h9,11-12H,4,6-8H2,1-3,5H3. The smallest absolute Gasteiger partial charge is 0.0104 e. The lowest BCUT2D eigenvalue weighted by Gasteiger charge is -2.18. The summed E-state index contributed by atoms with van der Waals surface area (Å²) in [6.07, 6.45) is 3.48. The first kappa shape index (κ1) is 11.7. The third-order valence-corrected chi connectivity index (χ3v) is 2.20. The van der Waals surface area contributed by atoms with Gasteiger partial charge in [0.05, 0.1) is 0 Å². The van der Waals surface area contributed by atoms with Crippen molar-refractivity contribution in [3.8, 4) is 0 Å². The topological polar surface area (TPSA) is 12.0 Å². The fraction of sp³-hybridized carbons (Fsp3) is 0.818. The van der Waals surface area contributed by atoms with E-state index >= 15 is 0 Å². The summed E-state index contributed by atoms with van der Waals surface area (Å²) in [5.74, 6) is 0.770. The Morgan fingerprint density at radius 1 is 1.42 bits per heavy atom. The normalized spacial score (nSPS) is 13.4. The van der Waals surface area contributed by atoms with Crippen molar-refractivity contribution >= 4 is 0 Å². The third-order valence-electron chi connectivity index (χ3n) is 2.20. The first-order valence-corrected chi connectivity index (χ1v) is 4.94. The largest absolute Gasteiger partial charge is 0.317 e. The molecule has 1 heteroatoms. The van der Waals surface area contributed by atoms with Crippen LogP contribution in [0.1, 0.15) is 40.0 Å². The van der Waals surface area contributed by atoms with Crippen molar-refractivity contribution in [1.29, 1.82) is 0 Å². The first-order valence-electron chi connectivity index (χ1n) is 4.94. The number of hydrogen-bond donors (Lipinski definition) is 1. The van der Waals surface area contributed by atoms with E-state index < -0.39 is 0 Å². The molecular weight excluding hydrogens is 146 g/mol. The lowest BCUT2D eigenvalue weighted by atomic mass is 9.97. The van der Waals surface area contributed by atoms with Crippen molar-refractivity contribution in [3.63, 3.8) is 0 Å². The van der Waals surface area contributed by atoms with E-state index in [1.54, 1.807) is 0 Å². The molecule has 72 valence electrons. The zero-order chi connectivity index (χ0) is 9.56. The van der Waals surface area contributed by atoms with E-state index in [1.165, 1.54) is 12.0 Å². The Balaban J connectivity index is 3.74. The zero-order valence-electron chi connectivity index (χ0n) is 8.98. The van der Waals surface area contributed by atoms with Gasteiger partial charge in [0, 0.05) is 6.04 Å². The fourth-order valence-corrected chi connectivity index (χ4v) is 1.37. The summed E-state index contributed by atoms with van der Waals surface area (Å²) in [5, 5.41) is 3.34. The quantitative estimate of drug-likeness (QED) is 0.603. The lowest BCUT2D eigenvalue weighted by Crippen LogP contribution is -2.27. The minimum atomic E-state index is 0.623. The number of nitrogens with one attached hydrogen (secondary N) is 1. The van der Waals surface area contributed by atoms with E-state index in [0.717, 1.165) is 18.8 Å². The molecule has 0 fully saturated rings. The molecule has 0 saturated carbocycles. The van der Waals surface area contributed by atoms with Gasteiger partial charge in [0.15, 0.2) is 0 Å². The van der Waals surface area contributed by atoms with Gasteiger partial charge in [-0.25, -0.2) is 0 Å². The van der Waals surface area contributed by atoms with E-state index in [-0.39, 0.29) is 0 Å². The van der Waals surface area contributed by atoms with Crippen molar-refractivity contribution in [2.24, 2.45) is 5.92 Å². The van der Waals surface area contributed by atoms with Gasteiger partial charge < -0.3 is 5.32 Å². The third kappa shape index (κ3) is 5.36. The van der Waals surface area contributed by atoms with Crippen LogP contribution in [0.2, 0.25) is 0 Å². The van der Waals surface area contributed by atoms with Gasteiger partial charge in [0.1, 0.15) is 0 Å². The molecule has 0 aromatic heterocycles. The summed E-state index contributed by atoms with van der Waals surface area (Å²) in [4.78, 5) is 0. The molecule has 0 radical (unpaired) electrons. The molecule has 1 atom stereocenters. The molecule has 1 N–H and O–H groups in total.